The number of likely N-dealkylation sites (tertiary alicyclic amines) is 1. The number of carboxylic acids is 1. The molecule has 1 heterocycles. The fourth-order valence-electron chi connectivity index (χ4n) is 2.35. The number of nitrogens with one attached hydrogen (secondary N) is 2. The van der Waals surface area contributed by atoms with E-state index in [0.29, 0.717) is 0 Å². The number of amides is 3. The van der Waals surface area contributed by atoms with Gasteiger partial charge in [-0.15, -0.1) is 0 Å². The summed E-state index contributed by atoms with van der Waals surface area (Å²) in [7, 11) is 1.97. The van der Waals surface area contributed by atoms with Gasteiger partial charge in [0, 0.05) is 19.0 Å². The predicted molar refractivity (Wildman–Crippen MR) is 73.2 cm³/mol. The van der Waals surface area contributed by atoms with Gasteiger partial charge >= 0.3 is 12.0 Å². The van der Waals surface area contributed by atoms with Gasteiger partial charge in [0.1, 0.15) is 0 Å². The highest BCUT2D eigenvalue weighted by molar-refractivity contribution is 5.94. The number of rotatable bonds is 5. The topological polar surface area (TPSA) is 98.7 Å². The van der Waals surface area contributed by atoms with Gasteiger partial charge in [-0.25, -0.2) is 4.79 Å². The molecule has 3 N–H and O–H groups in total. The van der Waals surface area contributed by atoms with Gasteiger partial charge in [0.15, 0.2) is 0 Å². The zero-order valence-electron chi connectivity index (χ0n) is 12.2. The van der Waals surface area contributed by atoms with Crippen LogP contribution < -0.4 is 10.6 Å². The van der Waals surface area contributed by atoms with E-state index in [1.165, 1.54) is 0 Å². The minimum absolute atomic E-state index is 0.00269. The van der Waals surface area contributed by atoms with Gasteiger partial charge in [-0.1, -0.05) is 13.8 Å². The number of aliphatic carboxylic acids is 1. The molecule has 1 rings (SSSR count). The summed E-state index contributed by atoms with van der Waals surface area (Å²) in [5.74, 6) is -1.42. The summed E-state index contributed by atoms with van der Waals surface area (Å²) >= 11 is 0. The third kappa shape index (κ3) is 6.01. The first-order chi connectivity index (χ1) is 9.18. The molecule has 0 bridgehead atoms. The number of carbonyl (C=O) groups excluding carboxylic acids is 2. The number of hydrogen-bond donors (Lipinski definition) is 3. The van der Waals surface area contributed by atoms with Crippen LogP contribution in [0.15, 0.2) is 0 Å². The fourth-order valence-corrected chi connectivity index (χ4v) is 2.35. The summed E-state index contributed by atoms with van der Waals surface area (Å²) in [4.78, 5) is 36.1. The molecule has 0 aromatic carbocycles. The maximum absolute atomic E-state index is 11.7. The largest absolute Gasteiger partial charge is 0.481 e. The number of nitrogens with zero attached hydrogens (tertiary/aromatic N) is 1. The maximum atomic E-state index is 11.7. The molecule has 0 aromatic rings. The third-order valence-corrected chi connectivity index (χ3v) is 3.25. The van der Waals surface area contributed by atoms with E-state index in [0.717, 1.165) is 19.5 Å². The standard InChI is InChI=1S/C13H23N3O4/c1-13(2,7-11(18)19)6-10(17)15-12(20)14-9-4-5-16(3)8-9/h9H,4-8H2,1-3H3,(H,18,19)(H2,14,15,17,20). The van der Waals surface area contributed by atoms with Gasteiger partial charge in [-0.3, -0.25) is 14.9 Å². The van der Waals surface area contributed by atoms with Crippen molar-refractivity contribution in [3.05, 3.63) is 0 Å². The molecule has 0 aromatic heterocycles. The SMILES string of the molecule is CN1CCC(NC(=O)NC(=O)CC(C)(C)CC(=O)O)C1. The second-order valence-electron chi connectivity index (χ2n) is 6.18. The molecular weight excluding hydrogens is 262 g/mol. The first-order valence-electron chi connectivity index (χ1n) is 6.69. The number of imide groups is 1. The zero-order valence-corrected chi connectivity index (χ0v) is 12.2. The zero-order chi connectivity index (χ0) is 15.3. The van der Waals surface area contributed by atoms with Crippen molar-refractivity contribution in [1.29, 1.82) is 0 Å². The average molecular weight is 285 g/mol. The van der Waals surface area contributed by atoms with E-state index >= 15 is 0 Å². The summed E-state index contributed by atoms with van der Waals surface area (Å²) in [6.45, 7) is 5.06. The van der Waals surface area contributed by atoms with Crippen LogP contribution in [0, 0.1) is 5.41 Å². The highest BCUT2D eigenvalue weighted by atomic mass is 16.4. The molecule has 3 amide bonds. The number of carboxylic acid groups (broad SMARTS) is 1. The Labute approximate surface area is 118 Å². The molecule has 1 fully saturated rings. The van der Waals surface area contributed by atoms with Gasteiger partial charge in [-0.05, 0) is 25.4 Å². The molecule has 0 spiro atoms. The Bertz CT molecular complexity index is 395. The smallest absolute Gasteiger partial charge is 0.321 e. The van der Waals surface area contributed by atoms with Gasteiger partial charge in [0.25, 0.3) is 0 Å². The molecule has 1 aliphatic rings. The lowest BCUT2D eigenvalue weighted by Crippen LogP contribution is -2.46. The molecular formula is C13H23N3O4. The lowest BCUT2D eigenvalue weighted by Gasteiger charge is -2.21. The minimum atomic E-state index is -0.957. The van der Waals surface area contributed by atoms with E-state index < -0.39 is 23.3 Å². The van der Waals surface area contributed by atoms with Crippen molar-refractivity contribution in [3.8, 4) is 0 Å². The molecule has 114 valence electrons. The molecule has 7 heteroatoms. The maximum Gasteiger partial charge on any atom is 0.321 e. The van der Waals surface area contributed by atoms with Crippen LogP contribution >= 0.6 is 0 Å². The Morgan fingerprint density at radius 2 is 1.95 bits per heavy atom. The second-order valence-corrected chi connectivity index (χ2v) is 6.18. The average Bonchev–Trinajstić information content (AvgIpc) is 2.59. The Hall–Kier alpha value is -1.63. The lowest BCUT2D eigenvalue weighted by molar-refractivity contribution is -0.139. The first kappa shape index (κ1) is 16.4. The van der Waals surface area contributed by atoms with Crippen LogP contribution in [0.2, 0.25) is 0 Å². The van der Waals surface area contributed by atoms with Gasteiger partial charge < -0.3 is 15.3 Å². The minimum Gasteiger partial charge on any atom is -0.481 e. The monoisotopic (exact) mass is 285 g/mol. The van der Waals surface area contributed by atoms with Crippen LogP contribution in [0.25, 0.3) is 0 Å². The van der Waals surface area contributed by atoms with E-state index in [4.69, 9.17) is 5.11 Å². The van der Waals surface area contributed by atoms with Crippen LogP contribution in [-0.4, -0.2) is 54.1 Å². The molecule has 0 saturated carbocycles. The van der Waals surface area contributed by atoms with Gasteiger partial charge in [-0.2, -0.15) is 0 Å². The van der Waals surface area contributed by atoms with E-state index in [1.54, 1.807) is 13.8 Å². The van der Waals surface area contributed by atoms with E-state index in [-0.39, 0.29) is 18.9 Å². The highest BCUT2D eigenvalue weighted by Crippen LogP contribution is 2.24. The quantitative estimate of drug-likeness (QED) is 0.679. The van der Waals surface area contributed by atoms with Crippen molar-refractivity contribution in [2.45, 2.75) is 39.2 Å². The van der Waals surface area contributed by atoms with Gasteiger partial charge in [0.2, 0.25) is 5.91 Å². The van der Waals surface area contributed by atoms with Crippen molar-refractivity contribution in [2.24, 2.45) is 5.41 Å². The summed E-state index contributed by atoms with van der Waals surface area (Å²) in [6.07, 6.45) is 0.745. The normalized spacial score (nSPS) is 19.6. The fraction of sp³-hybridized carbons (Fsp3) is 0.769. The molecule has 0 radical (unpaired) electrons. The summed E-state index contributed by atoms with van der Waals surface area (Å²) in [5, 5.41) is 13.7. The van der Waals surface area contributed by atoms with Gasteiger partial charge in [0.05, 0.1) is 6.42 Å². The third-order valence-electron chi connectivity index (χ3n) is 3.25. The van der Waals surface area contributed by atoms with Crippen molar-refractivity contribution >= 4 is 17.9 Å². The molecule has 7 nitrogen and oxygen atoms in total. The van der Waals surface area contributed by atoms with Crippen LogP contribution in [-0.2, 0) is 9.59 Å². The Morgan fingerprint density at radius 3 is 2.45 bits per heavy atom. The molecule has 1 atom stereocenters. The van der Waals surface area contributed by atoms with Crippen LogP contribution in [0.5, 0.6) is 0 Å². The van der Waals surface area contributed by atoms with E-state index in [1.807, 2.05) is 7.05 Å². The van der Waals surface area contributed by atoms with E-state index in [9.17, 15) is 14.4 Å². The molecule has 1 saturated heterocycles. The predicted octanol–water partition coefficient (Wildman–Crippen LogP) is 0.407. The van der Waals surface area contributed by atoms with E-state index in [2.05, 4.69) is 15.5 Å². The molecule has 0 aliphatic carbocycles. The Kier molecular flexibility index (Phi) is 5.50. The van der Waals surface area contributed by atoms with Crippen LogP contribution in [0.3, 0.4) is 0 Å². The lowest BCUT2D eigenvalue weighted by atomic mass is 9.85. The number of likely N-dealkylation sites (N-methyl/N-ethyl adjacent to an activating group) is 1. The second kappa shape index (κ2) is 6.69. The van der Waals surface area contributed by atoms with Crippen LogP contribution in [0.4, 0.5) is 4.79 Å². The van der Waals surface area contributed by atoms with Crippen LogP contribution in [0.1, 0.15) is 33.1 Å². The number of hydrogen-bond acceptors (Lipinski definition) is 4. The van der Waals surface area contributed by atoms with Crippen molar-refractivity contribution in [1.82, 2.24) is 15.5 Å². The summed E-state index contributed by atoms with van der Waals surface area (Å²) < 4.78 is 0. The van der Waals surface area contributed by atoms with Crippen molar-refractivity contribution in [3.63, 3.8) is 0 Å². The molecule has 1 unspecified atom stereocenters. The van der Waals surface area contributed by atoms with Crippen molar-refractivity contribution < 1.29 is 19.5 Å². The Balaban J connectivity index is 2.34. The molecule has 1 aliphatic heterocycles. The number of urea groups is 1. The first-order valence-corrected chi connectivity index (χ1v) is 6.69. The Morgan fingerprint density at radius 1 is 1.30 bits per heavy atom. The summed E-state index contributed by atoms with van der Waals surface area (Å²) in [5.41, 5.74) is -0.677. The number of carbonyl (C=O) groups is 3. The van der Waals surface area contributed by atoms with Crippen molar-refractivity contribution in [2.75, 3.05) is 20.1 Å². The molecule has 20 heavy (non-hydrogen) atoms. The summed E-state index contributed by atoms with van der Waals surface area (Å²) in [6, 6.07) is -0.457. The highest BCUT2D eigenvalue weighted by Gasteiger charge is 2.27.